The molecule has 3 rings (SSSR count). The summed E-state index contributed by atoms with van der Waals surface area (Å²) in [6.07, 6.45) is -3.68. The number of piperazine rings is 1. The van der Waals surface area contributed by atoms with Crippen LogP contribution < -0.4 is 26.6 Å². The maximum atomic E-state index is 13.4. The van der Waals surface area contributed by atoms with Gasteiger partial charge in [0.2, 0.25) is 5.91 Å². The van der Waals surface area contributed by atoms with E-state index in [0.717, 1.165) is 18.6 Å². The standard InChI is InChI=1S/C31H43F3N6O4/c1-4-5-27(41)26(18-36-11-10-22-7-6-20(2)16-21(22)3)38-28(42)19-37-29(43)24-17-23(31(32,33)34)8-9-25(24)39-30(44)40-14-12-35-13-15-40/h6-9,16-17,26-27,35-36,41H,4-5,10-15,18-19H2,1-3H3,(H,37,43)(H,38,42)(H,39,44). The molecule has 0 aromatic heterocycles. The summed E-state index contributed by atoms with van der Waals surface area (Å²) in [6.45, 7) is 8.28. The van der Waals surface area contributed by atoms with E-state index in [-0.39, 0.29) is 12.2 Å². The highest BCUT2D eigenvalue weighted by atomic mass is 19.4. The molecule has 0 aliphatic carbocycles. The number of urea groups is 1. The minimum absolute atomic E-state index is 0.108. The van der Waals surface area contributed by atoms with Gasteiger partial charge in [0, 0.05) is 32.7 Å². The van der Waals surface area contributed by atoms with Crippen molar-refractivity contribution in [1.29, 1.82) is 0 Å². The van der Waals surface area contributed by atoms with Crippen molar-refractivity contribution in [2.24, 2.45) is 0 Å². The van der Waals surface area contributed by atoms with E-state index >= 15 is 0 Å². The Morgan fingerprint density at radius 2 is 1.80 bits per heavy atom. The second-order valence-electron chi connectivity index (χ2n) is 11.0. The molecule has 4 amide bonds. The molecule has 1 heterocycles. The summed E-state index contributed by atoms with van der Waals surface area (Å²) in [6, 6.07) is 7.49. The average Bonchev–Trinajstić information content (AvgIpc) is 2.98. The van der Waals surface area contributed by atoms with Crippen LogP contribution in [0.3, 0.4) is 0 Å². The van der Waals surface area contributed by atoms with Crippen molar-refractivity contribution in [3.63, 3.8) is 0 Å². The Kier molecular flexibility index (Phi) is 13.0. The fourth-order valence-electron chi connectivity index (χ4n) is 4.98. The zero-order valence-corrected chi connectivity index (χ0v) is 25.4. The maximum absolute atomic E-state index is 13.4. The monoisotopic (exact) mass is 620 g/mol. The lowest BCUT2D eigenvalue weighted by Crippen LogP contribution is -2.52. The Hall–Kier alpha value is -3.68. The second kappa shape index (κ2) is 16.4. The van der Waals surface area contributed by atoms with Gasteiger partial charge in [0.1, 0.15) is 0 Å². The summed E-state index contributed by atoms with van der Waals surface area (Å²) in [7, 11) is 0. The molecule has 0 radical (unpaired) electrons. The lowest BCUT2D eigenvalue weighted by Gasteiger charge is -2.28. The van der Waals surface area contributed by atoms with Gasteiger partial charge >= 0.3 is 12.2 Å². The molecule has 1 saturated heterocycles. The molecular weight excluding hydrogens is 577 g/mol. The van der Waals surface area contributed by atoms with Gasteiger partial charge in [0.05, 0.1) is 35.5 Å². The normalized spacial score (nSPS) is 14.9. The third kappa shape index (κ3) is 10.5. The fourth-order valence-corrected chi connectivity index (χ4v) is 4.98. The van der Waals surface area contributed by atoms with Crippen molar-refractivity contribution in [2.45, 2.75) is 58.4 Å². The van der Waals surface area contributed by atoms with Gasteiger partial charge in [-0.1, -0.05) is 37.1 Å². The van der Waals surface area contributed by atoms with E-state index in [4.69, 9.17) is 0 Å². The van der Waals surface area contributed by atoms with Crippen molar-refractivity contribution in [3.8, 4) is 0 Å². The molecule has 0 saturated carbocycles. The van der Waals surface area contributed by atoms with E-state index in [1.807, 2.05) is 26.8 Å². The predicted octanol–water partition coefficient (Wildman–Crippen LogP) is 2.97. The third-order valence-electron chi connectivity index (χ3n) is 7.48. The van der Waals surface area contributed by atoms with Gasteiger partial charge < -0.3 is 36.6 Å². The smallest absolute Gasteiger partial charge is 0.391 e. The Labute approximate surface area is 256 Å². The Balaban J connectivity index is 1.62. The Bertz CT molecular complexity index is 1280. The van der Waals surface area contributed by atoms with Crippen LogP contribution in [0.5, 0.6) is 0 Å². The van der Waals surface area contributed by atoms with Gasteiger partial charge in [-0.2, -0.15) is 13.2 Å². The minimum Gasteiger partial charge on any atom is -0.391 e. The Morgan fingerprint density at radius 3 is 2.45 bits per heavy atom. The highest BCUT2D eigenvalue weighted by Gasteiger charge is 2.32. The number of nitrogens with zero attached hydrogens (tertiary/aromatic N) is 1. The van der Waals surface area contributed by atoms with E-state index < -0.39 is 53.8 Å². The summed E-state index contributed by atoms with van der Waals surface area (Å²) in [5.74, 6) is -1.58. The lowest BCUT2D eigenvalue weighted by molar-refractivity contribution is -0.137. The number of aliphatic hydroxyl groups excluding tert-OH is 1. The minimum atomic E-state index is -4.72. The van der Waals surface area contributed by atoms with Crippen molar-refractivity contribution in [3.05, 3.63) is 64.2 Å². The number of amides is 4. The van der Waals surface area contributed by atoms with Crippen molar-refractivity contribution in [1.82, 2.24) is 26.2 Å². The van der Waals surface area contributed by atoms with Crippen LogP contribution >= 0.6 is 0 Å². The number of carbonyl (C=O) groups excluding carboxylic acids is 3. The Morgan fingerprint density at radius 1 is 1.07 bits per heavy atom. The van der Waals surface area contributed by atoms with Gasteiger partial charge in [-0.05, 0) is 62.6 Å². The summed E-state index contributed by atoms with van der Waals surface area (Å²) in [5.41, 5.74) is 1.96. The van der Waals surface area contributed by atoms with E-state index in [0.29, 0.717) is 51.6 Å². The van der Waals surface area contributed by atoms with Crippen LogP contribution in [0, 0.1) is 13.8 Å². The average molecular weight is 621 g/mol. The van der Waals surface area contributed by atoms with Crippen LogP contribution in [0.2, 0.25) is 0 Å². The van der Waals surface area contributed by atoms with E-state index in [1.54, 1.807) is 0 Å². The van der Waals surface area contributed by atoms with Gasteiger partial charge in [0.15, 0.2) is 0 Å². The van der Waals surface area contributed by atoms with Crippen LogP contribution in [0.4, 0.5) is 23.7 Å². The molecule has 10 nitrogen and oxygen atoms in total. The highest BCUT2D eigenvalue weighted by Crippen LogP contribution is 2.32. The number of benzene rings is 2. The summed E-state index contributed by atoms with van der Waals surface area (Å²) in [4.78, 5) is 40.0. The number of rotatable bonds is 13. The topological polar surface area (TPSA) is 135 Å². The zero-order chi connectivity index (χ0) is 32.3. The molecule has 2 atom stereocenters. The summed E-state index contributed by atoms with van der Waals surface area (Å²) >= 11 is 0. The van der Waals surface area contributed by atoms with Gasteiger partial charge in [-0.3, -0.25) is 9.59 Å². The predicted molar refractivity (Wildman–Crippen MR) is 163 cm³/mol. The van der Waals surface area contributed by atoms with Crippen LogP contribution in [0.1, 0.15) is 52.4 Å². The number of halogens is 3. The van der Waals surface area contributed by atoms with Gasteiger partial charge in [-0.25, -0.2) is 4.79 Å². The highest BCUT2D eigenvalue weighted by molar-refractivity contribution is 6.04. The molecular formula is C31H43F3N6O4. The SMILES string of the molecule is CCCC(O)C(CNCCc1ccc(C)cc1C)NC(=O)CNC(=O)c1cc(C(F)(F)F)ccc1NC(=O)N1CCNCC1. The number of hydrogen-bond donors (Lipinski definition) is 6. The first-order chi connectivity index (χ1) is 20.9. The molecule has 1 aliphatic heterocycles. The first-order valence-electron chi connectivity index (χ1n) is 14.9. The quantitative estimate of drug-likeness (QED) is 0.191. The van der Waals surface area contributed by atoms with Crippen molar-refractivity contribution in [2.75, 3.05) is 51.1 Å². The van der Waals surface area contributed by atoms with E-state index in [9.17, 15) is 32.7 Å². The summed E-state index contributed by atoms with van der Waals surface area (Å²) in [5, 5.41) is 24.6. The number of anilines is 1. The largest absolute Gasteiger partial charge is 0.416 e. The second-order valence-corrected chi connectivity index (χ2v) is 11.0. The molecule has 6 N–H and O–H groups in total. The van der Waals surface area contributed by atoms with Crippen LogP contribution in [-0.2, 0) is 17.4 Å². The molecule has 242 valence electrons. The number of alkyl halides is 3. The maximum Gasteiger partial charge on any atom is 0.416 e. The van der Waals surface area contributed by atoms with Gasteiger partial charge in [0.25, 0.3) is 5.91 Å². The van der Waals surface area contributed by atoms with Gasteiger partial charge in [-0.15, -0.1) is 0 Å². The first kappa shape index (κ1) is 34.8. The molecule has 2 aromatic carbocycles. The molecule has 44 heavy (non-hydrogen) atoms. The molecule has 2 aromatic rings. The van der Waals surface area contributed by atoms with E-state index in [2.05, 4.69) is 38.7 Å². The zero-order valence-electron chi connectivity index (χ0n) is 25.4. The van der Waals surface area contributed by atoms with Crippen LogP contribution in [-0.4, -0.2) is 85.8 Å². The fraction of sp³-hybridized carbons (Fsp3) is 0.516. The lowest BCUT2D eigenvalue weighted by atomic mass is 10.0. The van der Waals surface area contributed by atoms with Crippen LogP contribution in [0.15, 0.2) is 36.4 Å². The molecule has 0 bridgehead atoms. The molecule has 13 heteroatoms. The number of aryl methyl sites for hydroxylation is 2. The number of nitrogens with one attached hydrogen (secondary N) is 5. The van der Waals surface area contributed by atoms with Crippen molar-refractivity contribution < 1.29 is 32.7 Å². The third-order valence-corrected chi connectivity index (χ3v) is 7.48. The molecule has 0 spiro atoms. The number of aliphatic hydroxyl groups is 1. The summed E-state index contributed by atoms with van der Waals surface area (Å²) < 4.78 is 40.3. The molecule has 2 unspecified atom stereocenters. The molecule has 1 fully saturated rings. The first-order valence-corrected chi connectivity index (χ1v) is 14.9. The molecule has 1 aliphatic rings. The number of hydrogen-bond acceptors (Lipinski definition) is 6. The van der Waals surface area contributed by atoms with E-state index in [1.165, 1.54) is 21.6 Å². The number of carbonyl (C=O) groups is 3. The van der Waals surface area contributed by atoms with Crippen molar-refractivity contribution >= 4 is 23.5 Å². The van der Waals surface area contributed by atoms with Crippen LogP contribution in [0.25, 0.3) is 0 Å².